The molecule has 68 valence electrons. The molecule has 0 aliphatic rings. The van der Waals surface area contributed by atoms with Gasteiger partial charge in [-0.05, 0) is 12.0 Å². The predicted molar refractivity (Wildman–Crippen MR) is 51.4 cm³/mol. The first kappa shape index (κ1) is 9.58. The third-order valence-corrected chi connectivity index (χ3v) is 1.62. The van der Waals surface area contributed by atoms with E-state index in [-0.39, 0.29) is 0 Å². The fraction of sp³-hybridized carbons (Fsp3) is 0.200. The molecule has 3 heteroatoms. The molecule has 0 amide bonds. The van der Waals surface area contributed by atoms with E-state index in [1.807, 2.05) is 13.0 Å². The van der Waals surface area contributed by atoms with Crippen molar-refractivity contribution in [3.05, 3.63) is 35.4 Å². The summed E-state index contributed by atoms with van der Waals surface area (Å²) >= 11 is 0. The number of pyridine rings is 1. The van der Waals surface area contributed by atoms with Crippen LogP contribution in [0.15, 0.2) is 18.3 Å². The molecule has 0 aromatic carbocycles. The highest BCUT2D eigenvalue weighted by Gasteiger charge is 1.98. The number of hydrogen-bond donors (Lipinski definition) is 1. The van der Waals surface area contributed by atoms with Gasteiger partial charge >= 0.3 is 0 Å². The van der Waals surface area contributed by atoms with Gasteiger partial charge in [0.15, 0.2) is 0 Å². The molecule has 13 heavy (non-hydrogen) atoms. The zero-order valence-corrected chi connectivity index (χ0v) is 7.42. The summed E-state index contributed by atoms with van der Waals surface area (Å²) in [5.74, 6) is -0.513. The van der Waals surface area contributed by atoms with Crippen LogP contribution in [0, 0.1) is 11.4 Å². The van der Waals surface area contributed by atoms with Gasteiger partial charge in [0.1, 0.15) is 0 Å². The van der Waals surface area contributed by atoms with E-state index in [2.05, 4.69) is 4.98 Å². The minimum absolute atomic E-state index is 0.513. The standard InChI is InChI=1S/C10H11FN2/c1-2-3-4-8-5-10(11)13-7-9(8)6-12/h3-7,12H,2H2,1H3/b4-3-,12-6?. The lowest BCUT2D eigenvalue weighted by Gasteiger charge is -1.98. The van der Waals surface area contributed by atoms with Gasteiger partial charge in [0.05, 0.1) is 0 Å². The molecule has 1 rings (SSSR count). The van der Waals surface area contributed by atoms with Crippen molar-refractivity contribution in [2.75, 3.05) is 0 Å². The minimum Gasteiger partial charge on any atom is -0.308 e. The van der Waals surface area contributed by atoms with Crippen molar-refractivity contribution in [2.24, 2.45) is 0 Å². The molecule has 1 aromatic heterocycles. The number of nitrogens with zero attached hydrogens (tertiary/aromatic N) is 1. The highest BCUT2D eigenvalue weighted by atomic mass is 19.1. The maximum atomic E-state index is 12.7. The molecule has 0 unspecified atom stereocenters. The van der Waals surface area contributed by atoms with Crippen molar-refractivity contribution in [3.63, 3.8) is 0 Å². The Morgan fingerprint density at radius 3 is 2.92 bits per heavy atom. The van der Waals surface area contributed by atoms with Crippen LogP contribution in [0.3, 0.4) is 0 Å². The smallest absolute Gasteiger partial charge is 0.213 e. The first-order chi connectivity index (χ1) is 6.27. The third kappa shape index (κ3) is 2.47. The zero-order valence-electron chi connectivity index (χ0n) is 7.42. The van der Waals surface area contributed by atoms with E-state index in [9.17, 15) is 4.39 Å². The summed E-state index contributed by atoms with van der Waals surface area (Å²) in [5.41, 5.74) is 1.33. The molecule has 0 fully saturated rings. The van der Waals surface area contributed by atoms with Crippen molar-refractivity contribution in [1.82, 2.24) is 4.98 Å². The van der Waals surface area contributed by atoms with Gasteiger partial charge in [-0.2, -0.15) is 4.39 Å². The van der Waals surface area contributed by atoms with Crippen LogP contribution in [0.2, 0.25) is 0 Å². The fourth-order valence-electron chi connectivity index (χ4n) is 0.964. The lowest BCUT2D eigenvalue weighted by molar-refractivity contribution is 0.583. The highest BCUT2D eigenvalue weighted by molar-refractivity contribution is 5.82. The molecule has 0 aliphatic carbocycles. The van der Waals surface area contributed by atoms with Crippen LogP contribution < -0.4 is 0 Å². The molecule has 1 N–H and O–H groups in total. The molecular weight excluding hydrogens is 167 g/mol. The molecule has 0 bridgehead atoms. The topological polar surface area (TPSA) is 36.7 Å². The fourth-order valence-corrected chi connectivity index (χ4v) is 0.964. The van der Waals surface area contributed by atoms with Crippen LogP contribution in [0.4, 0.5) is 4.39 Å². The Labute approximate surface area is 76.6 Å². The van der Waals surface area contributed by atoms with Crippen LogP contribution in [0.25, 0.3) is 6.08 Å². The molecular formula is C10H11FN2. The number of aromatic nitrogens is 1. The first-order valence-corrected chi connectivity index (χ1v) is 4.10. The van der Waals surface area contributed by atoms with Gasteiger partial charge in [-0.3, -0.25) is 0 Å². The second-order valence-corrected chi connectivity index (χ2v) is 2.59. The number of hydrogen-bond acceptors (Lipinski definition) is 2. The molecule has 1 heterocycles. The summed E-state index contributed by atoms with van der Waals surface area (Å²) in [6.07, 6.45) is 7.13. The molecule has 0 radical (unpaired) electrons. The van der Waals surface area contributed by atoms with E-state index >= 15 is 0 Å². The van der Waals surface area contributed by atoms with Crippen molar-refractivity contribution < 1.29 is 4.39 Å². The number of halogens is 1. The Kier molecular flexibility index (Phi) is 3.31. The molecule has 0 atom stereocenters. The Morgan fingerprint density at radius 1 is 1.54 bits per heavy atom. The monoisotopic (exact) mass is 178 g/mol. The first-order valence-electron chi connectivity index (χ1n) is 4.10. The van der Waals surface area contributed by atoms with Crippen molar-refractivity contribution in [2.45, 2.75) is 13.3 Å². The van der Waals surface area contributed by atoms with Gasteiger partial charge in [-0.25, -0.2) is 4.98 Å². The largest absolute Gasteiger partial charge is 0.308 e. The lowest BCUT2D eigenvalue weighted by atomic mass is 10.1. The maximum Gasteiger partial charge on any atom is 0.213 e. The summed E-state index contributed by atoms with van der Waals surface area (Å²) in [6, 6.07) is 1.33. The van der Waals surface area contributed by atoms with E-state index in [1.165, 1.54) is 18.5 Å². The van der Waals surface area contributed by atoms with Gasteiger partial charge in [0.2, 0.25) is 5.95 Å². The lowest BCUT2D eigenvalue weighted by Crippen LogP contribution is -1.91. The molecule has 1 aromatic rings. The number of allylic oxidation sites excluding steroid dienone is 1. The van der Waals surface area contributed by atoms with E-state index in [0.717, 1.165) is 6.42 Å². The molecule has 0 saturated carbocycles. The summed E-state index contributed by atoms with van der Waals surface area (Å²) in [4.78, 5) is 3.47. The summed E-state index contributed by atoms with van der Waals surface area (Å²) in [7, 11) is 0. The van der Waals surface area contributed by atoms with E-state index in [4.69, 9.17) is 5.41 Å². The molecule has 0 saturated heterocycles. The predicted octanol–water partition coefficient (Wildman–Crippen LogP) is 2.64. The van der Waals surface area contributed by atoms with Crippen LogP contribution in [-0.4, -0.2) is 11.2 Å². The van der Waals surface area contributed by atoms with Crippen molar-refractivity contribution in [3.8, 4) is 0 Å². The van der Waals surface area contributed by atoms with Crippen LogP contribution in [-0.2, 0) is 0 Å². The SMILES string of the molecule is CC/C=C\c1cc(F)ncc1C=N. The summed E-state index contributed by atoms with van der Waals surface area (Å²) in [5, 5.41) is 7.07. The summed E-state index contributed by atoms with van der Waals surface area (Å²) in [6.45, 7) is 2.00. The van der Waals surface area contributed by atoms with Crippen molar-refractivity contribution >= 4 is 12.3 Å². The second-order valence-electron chi connectivity index (χ2n) is 2.59. The van der Waals surface area contributed by atoms with Crippen LogP contribution >= 0.6 is 0 Å². The maximum absolute atomic E-state index is 12.7. The van der Waals surface area contributed by atoms with Crippen molar-refractivity contribution in [1.29, 1.82) is 5.41 Å². The Bertz CT molecular complexity index is 332. The average molecular weight is 178 g/mol. The minimum atomic E-state index is -0.513. The summed E-state index contributed by atoms with van der Waals surface area (Å²) < 4.78 is 12.7. The van der Waals surface area contributed by atoms with Gasteiger partial charge in [0, 0.05) is 24.0 Å². The van der Waals surface area contributed by atoms with E-state index < -0.39 is 5.95 Å². The normalized spacial score (nSPS) is 10.6. The Hall–Kier alpha value is -1.51. The number of nitrogens with one attached hydrogen (secondary N) is 1. The Balaban J connectivity index is 3.08. The third-order valence-electron chi connectivity index (χ3n) is 1.62. The van der Waals surface area contributed by atoms with Gasteiger partial charge in [-0.15, -0.1) is 0 Å². The zero-order chi connectivity index (χ0) is 9.68. The quantitative estimate of drug-likeness (QED) is 0.560. The molecule has 2 nitrogen and oxygen atoms in total. The Morgan fingerprint density at radius 2 is 2.31 bits per heavy atom. The second kappa shape index (κ2) is 4.50. The van der Waals surface area contributed by atoms with Gasteiger partial charge in [-0.1, -0.05) is 19.1 Å². The number of rotatable bonds is 3. The molecule has 0 spiro atoms. The van der Waals surface area contributed by atoms with Crippen LogP contribution in [0.1, 0.15) is 24.5 Å². The highest BCUT2D eigenvalue weighted by Crippen LogP contribution is 2.09. The van der Waals surface area contributed by atoms with Crippen LogP contribution in [0.5, 0.6) is 0 Å². The van der Waals surface area contributed by atoms with E-state index in [0.29, 0.717) is 11.1 Å². The van der Waals surface area contributed by atoms with E-state index in [1.54, 1.807) is 6.08 Å². The molecule has 0 aliphatic heterocycles. The van der Waals surface area contributed by atoms with Gasteiger partial charge in [0.25, 0.3) is 0 Å². The van der Waals surface area contributed by atoms with Gasteiger partial charge < -0.3 is 5.41 Å². The average Bonchev–Trinajstić information content (AvgIpc) is 2.15.